The molecule has 96 valence electrons. The van der Waals surface area contributed by atoms with Crippen molar-refractivity contribution in [3.63, 3.8) is 0 Å². The van der Waals surface area contributed by atoms with Gasteiger partial charge in [-0.05, 0) is 12.5 Å². The Morgan fingerprint density at radius 1 is 1.28 bits per heavy atom. The molecule has 0 spiro atoms. The fraction of sp³-hybridized carbons (Fsp3) is 0.357. The number of nitrogens with zero attached hydrogens (tertiary/aromatic N) is 2. The Kier molecular flexibility index (Phi) is 4.09. The predicted octanol–water partition coefficient (Wildman–Crippen LogP) is 2.91. The minimum absolute atomic E-state index is 0.0206. The van der Waals surface area contributed by atoms with Crippen LogP contribution in [0.2, 0.25) is 0 Å². The molecule has 2 N–H and O–H groups in total. The third kappa shape index (κ3) is 2.94. The highest BCUT2D eigenvalue weighted by Gasteiger charge is 2.17. The zero-order chi connectivity index (χ0) is 13.1. The van der Waals surface area contributed by atoms with Crippen molar-refractivity contribution < 1.29 is 0 Å². The molecule has 0 amide bonds. The van der Waals surface area contributed by atoms with E-state index >= 15 is 0 Å². The van der Waals surface area contributed by atoms with Crippen LogP contribution in [0, 0.1) is 6.92 Å². The minimum atomic E-state index is 0.0206. The second-order valence-electron chi connectivity index (χ2n) is 4.58. The fourth-order valence-electron chi connectivity index (χ4n) is 1.76. The van der Waals surface area contributed by atoms with E-state index in [-0.39, 0.29) is 11.3 Å². The van der Waals surface area contributed by atoms with E-state index in [9.17, 15) is 0 Å². The molecular weight excluding hydrogens is 242 g/mol. The van der Waals surface area contributed by atoms with E-state index in [1.54, 1.807) is 11.8 Å². The van der Waals surface area contributed by atoms with E-state index in [2.05, 4.69) is 43.1 Å². The number of hydrogen-bond acceptors (Lipinski definition) is 3. The van der Waals surface area contributed by atoms with Gasteiger partial charge in [0.2, 0.25) is 0 Å². The molecule has 0 fully saturated rings. The standard InChI is InChI=1S/C14H19N3S/c1-10-4-6-12(7-5-10)13(15)11(2)18-14-16-8-9-17(14)3/h4-9,11,13H,15H2,1-3H3. The first-order chi connectivity index (χ1) is 8.58. The number of aryl methyl sites for hydroxylation is 2. The number of hydrogen-bond donors (Lipinski definition) is 1. The number of rotatable bonds is 4. The smallest absolute Gasteiger partial charge is 0.167 e. The highest BCUT2D eigenvalue weighted by molar-refractivity contribution is 7.99. The van der Waals surface area contributed by atoms with Crippen molar-refractivity contribution in [2.24, 2.45) is 12.8 Å². The van der Waals surface area contributed by atoms with Gasteiger partial charge in [0.1, 0.15) is 0 Å². The summed E-state index contributed by atoms with van der Waals surface area (Å²) in [7, 11) is 2.00. The molecule has 0 bridgehead atoms. The normalized spacial score (nSPS) is 14.4. The number of thioether (sulfide) groups is 1. The topological polar surface area (TPSA) is 43.8 Å². The highest BCUT2D eigenvalue weighted by Crippen LogP contribution is 2.29. The average Bonchev–Trinajstić information content (AvgIpc) is 2.75. The van der Waals surface area contributed by atoms with Crippen molar-refractivity contribution in [3.05, 3.63) is 47.8 Å². The van der Waals surface area contributed by atoms with Gasteiger partial charge in [-0.2, -0.15) is 0 Å². The summed E-state index contributed by atoms with van der Waals surface area (Å²) in [4.78, 5) is 4.32. The summed E-state index contributed by atoms with van der Waals surface area (Å²) in [5.41, 5.74) is 8.73. The van der Waals surface area contributed by atoms with Crippen LogP contribution in [0.4, 0.5) is 0 Å². The van der Waals surface area contributed by atoms with Gasteiger partial charge in [0.25, 0.3) is 0 Å². The quantitative estimate of drug-likeness (QED) is 0.861. The van der Waals surface area contributed by atoms with Crippen molar-refractivity contribution in [3.8, 4) is 0 Å². The molecule has 2 aromatic rings. The van der Waals surface area contributed by atoms with Crippen LogP contribution in [0.5, 0.6) is 0 Å². The Hall–Kier alpha value is -1.26. The van der Waals surface area contributed by atoms with Crippen LogP contribution in [0.15, 0.2) is 41.8 Å². The summed E-state index contributed by atoms with van der Waals surface area (Å²) < 4.78 is 2.02. The van der Waals surface area contributed by atoms with E-state index < -0.39 is 0 Å². The lowest BCUT2D eigenvalue weighted by atomic mass is 10.0. The Morgan fingerprint density at radius 2 is 1.94 bits per heavy atom. The van der Waals surface area contributed by atoms with Crippen LogP contribution in [0.3, 0.4) is 0 Å². The second kappa shape index (κ2) is 5.59. The van der Waals surface area contributed by atoms with Crippen LogP contribution in [0.1, 0.15) is 24.1 Å². The summed E-state index contributed by atoms with van der Waals surface area (Å²) >= 11 is 1.71. The molecule has 3 nitrogen and oxygen atoms in total. The van der Waals surface area contributed by atoms with Crippen molar-refractivity contribution in [2.45, 2.75) is 30.3 Å². The lowest BCUT2D eigenvalue weighted by molar-refractivity contribution is 0.705. The maximum Gasteiger partial charge on any atom is 0.167 e. The Balaban J connectivity index is 2.07. The maximum atomic E-state index is 6.30. The molecule has 1 aromatic carbocycles. The van der Waals surface area contributed by atoms with Crippen molar-refractivity contribution in [1.29, 1.82) is 0 Å². The first-order valence-corrected chi connectivity index (χ1v) is 6.92. The molecular formula is C14H19N3S. The van der Waals surface area contributed by atoms with Crippen molar-refractivity contribution in [2.75, 3.05) is 0 Å². The van der Waals surface area contributed by atoms with Gasteiger partial charge in [-0.3, -0.25) is 0 Å². The van der Waals surface area contributed by atoms with E-state index in [4.69, 9.17) is 5.73 Å². The molecule has 0 aliphatic carbocycles. The summed E-state index contributed by atoms with van der Waals surface area (Å²) in [5.74, 6) is 0. The highest BCUT2D eigenvalue weighted by atomic mass is 32.2. The van der Waals surface area contributed by atoms with Crippen LogP contribution in [-0.4, -0.2) is 14.8 Å². The predicted molar refractivity (Wildman–Crippen MR) is 76.6 cm³/mol. The first-order valence-electron chi connectivity index (χ1n) is 6.04. The third-order valence-electron chi connectivity index (χ3n) is 3.04. The SMILES string of the molecule is Cc1ccc(C(N)C(C)Sc2nccn2C)cc1. The van der Waals surface area contributed by atoms with Gasteiger partial charge in [0.05, 0.1) is 0 Å². The van der Waals surface area contributed by atoms with Crippen LogP contribution < -0.4 is 5.73 Å². The fourth-order valence-corrected chi connectivity index (χ4v) is 2.75. The molecule has 0 saturated carbocycles. The Labute approximate surface area is 112 Å². The van der Waals surface area contributed by atoms with E-state index in [0.29, 0.717) is 0 Å². The summed E-state index contributed by atoms with van der Waals surface area (Å²) in [6, 6.07) is 8.44. The molecule has 18 heavy (non-hydrogen) atoms. The minimum Gasteiger partial charge on any atom is -0.329 e. The second-order valence-corrected chi connectivity index (χ2v) is 5.92. The zero-order valence-electron chi connectivity index (χ0n) is 11.0. The number of benzene rings is 1. The van der Waals surface area contributed by atoms with Crippen LogP contribution in [0.25, 0.3) is 0 Å². The Morgan fingerprint density at radius 3 is 2.50 bits per heavy atom. The number of aromatic nitrogens is 2. The van der Waals surface area contributed by atoms with Gasteiger partial charge < -0.3 is 10.3 Å². The number of nitrogens with two attached hydrogens (primary N) is 1. The van der Waals surface area contributed by atoms with E-state index in [0.717, 1.165) is 5.16 Å². The summed E-state index contributed by atoms with van der Waals surface area (Å²) in [6.07, 6.45) is 3.76. The van der Waals surface area contributed by atoms with Gasteiger partial charge in [0.15, 0.2) is 5.16 Å². The van der Waals surface area contributed by atoms with Gasteiger partial charge in [-0.15, -0.1) is 0 Å². The average molecular weight is 261 g/mol. The zero-order valence-corrected chi connectivity index (χ0v) is 11.8. The molecule has 1 aromatic heterocycles. The molecule has 0 aliphatic heterocycles. The molecule has 2 rings (SSSR count). The maximum absolute atomic E-state index is 6.30. The number of imidazole rings is 1. The van der Waals surface area contributed by atoms with Gasteiger partial charge in [0, 0.05) is 30.7 Å². The molecule has 2 atom stereocenters. The van der Waals surface area contributed by atoms with Crippen molar-refractivity contribution >= 4 is 11.8 Å². The van der Waals surface area contributed by atoms with E-state index in [1.807, 2.05) is 24.0 Å². The van der Waals surface area contributed by atoms with Gasteiger partial charge in [-0.1, -0.05) is 48.5 Å². The monoisotopic (exact) mass is 261 g/mol. The molecule has 1 heterocycles. The van der Waals surface area contributed by atoms with Gasteiger partial charge in [-0.25, -0.2) is 4.98 Å². The summed E-state index contributed by atoms with van der Waals surface area (Å²) in [5, 5.41) is 1.29. The first kappa shape index (κ1) is 13.2. The summed E-state index contributed by atoms with van der Waals surface area (Å²) in [6.45, 7) is 4.23. The molecule has 0 aliphatic rings. The Bertz CT molecular complexity index is 504. The van der Waals surface area contributed by atoms with Crippen molar-refractivity contribution in [1.82, 2.24) is 9.55 Å². The molecule has 0 saturated heterocycles. The molecule has 0 radical (unpaired) electrons. The van der Waals surface area contributed by atoms with Crippen LogP contribution >= 0.6 is 11.8 Å². The molecule has 4 heteroatoms. The lowest BCUT2D eigenvalue weighted by Gasteiger charge is -2.19. The third-order valence-corrected chi connectivity index (χ3v) is 4.31. The van der Waals surface area contributed by atoms with E-state index in [1.165, 1.54) is 11.1 Å². The molecule has 2 unspecified atom stereocenters. The largest absolute Gasteiger partial charge is 0.329 e. The van der Waals surface area contributed by atoms with Gasteiger partial charge >= 0.3 is 0 Å². The van der Waals surface area contributed by atoms with Crippen LogP contribution in [-0.2, 0) is 7.05 Å². The lowest BCUT2D eigenvalue weighted by Crippen LogP contribution is -2.21.